The highest BCUT2D eigenvalue weighted by Gasteiger charge is 2.35. The molecule has 32 heavy (non-hydrogen) atoms. The lowest BCUT2D eigenvalue weighted by atomic mass is 10.1. The number of carbonyl (C=O) groups is 1. The number of oxazole rings is 1. The van der Waals surface area contributed by atoms with Crippen molar-refractivity contribution >= 4 is 17.5 Å². The maximum Gasteiger partial charge on any atom is 0.293 e. The van der Waals surface area contributed by atoms with E-state index in [1.807, 2.05) is 37.4 Å². The Kier molecular flexibility index (Phi) is 5.53. The first kappa shape index (κ1) is 20.5. The summed E-state index contributed by atoms with van der Waals surface area (Å²) in [6.45, 7) is 3.38. The first-order chi connectivity index (χ1) is 15.6. The van der Waals surface area contributed by atoms with Crippen LogP contribution in [0.4, 0.5) is 0 Å². The molecule has 0 aliphatic carbocycles. The van der Waals surface area contributed by atoms with Crippen molar-refractivity contribution in [3.8, 4) is 11.3 Å². The number of amides is 1. The molecule has 1 aromatic carbocycles. The maximum absolute atomic E-state index is 13.2. The maximum atomic E-state index is 13.2. The number of benzene rings is 1. The molecule has 9 heteroatoms. The van der Waals surface area contributed by atoms with Crippen LogP contribution in [0.5, 0.6) is 0 Å². The summed E-state index contributed by atoms with van der Waals surface area (Å²) in [5, 5.41) is 9.00. The van der Waals surface area contributed by atoms with E-state index in [1.165, 1.54) is 0 Å². The zero-order chi connectivity index (χ0) is 22.1. The Labute approximate surface area is 189 Å². The normalized spacial score (nSPS) is 16.1. The Morgan fingerprint density at radius 3 is 2.88 bits per heavy atom. The minimum absolute atomic E-state index is 0.198. The molecule has 1 aliphatic rings. The standard InChI is InChI=1S/C23H22ClN5O3/c1-2-28-14-16(12-26-28)19-11-21(32-27-19)23(30)29-9-3-4-20(29)22-25-13-18(31-22)10-15-5-7-17(24)8-6-15/h5-8,11-14,20H,2-4,9-10H2,1H3/t20-/m1/s1. The zero-order valence-corrected chi connectivity index (χ0v) is 18.3. The molecule has 0 radical (unpaired) electrons. The van der Waals surface area contributed by atoms with Crippen molar-refractivity contribution in [2.24, 2.45) is 0 Å². The molecule has 1 atom stereocenters. The Balaban J connectivity index is 1.31. The first-order valence-electron chi connectivity index (χ1n) is 10.6. The third-order valence-electron chi connectivity index (χ3n) is 5.64. The van der Waals surface area contributed by atoms with Crippen molar-refractivity contribution in [1.29, 1.82) is 0 Å². The second-order valence-electron chi connectivity index (χ2n) is 7.79. The van der Waals surface area contributed by atoms with Crippen molar-refractivity contribution in [3.05, 3.63) is 76.9 Å². The van der Waals surface area contributed by atoms with Crippen LogP contribution < -0.4 is 0 Å². The highest BCUT2D eigenvalue weighted by atomic mass is 35.5. The average molecular weight is 452 g/mol. The predicted octanol–water partition coefficient (Wildman–Crippen LogP) is 4.77. The van der Waals surface area contributed by atoms with Crippen LogP contribution in [0.1, 0.15) is 53.6 Å². The summed E-state index contributed by atoms with van der Waals surface area (Å²) in [5.74, 6) is 1.27. The predicted molar refractivity (Wildman–Crippen MR) is 117 cm³/mol. The van der Waals surface area contributed by atoms with Crippen molar-refractivity contribution < 1.29 is 13.7 Å². The van der Waals surface area contributed by atoms with Crippen molar-refractivity contribution in [2.75, 3.05) is 6.54 Å². The number of aromatic nitrogens is 4. The van der Waals surface area contributed by atoms with Crippen LogP contribution in [-0.4, -0.2) is 37.3 Å². The Hall–Kier alpha value is -3.39. The number of rotatable bonds is 6. The number of halogens is 1. The highest BCUT2D eigenvalue weighted by molar-refractivity contribution is 6.30. The molecule has 1 fully saturated rings. The van der Waals surface area contributed by atoms with Crippen molar-refractivity contribution in [1.82, 2.24) is 24.8 Å². The summed E-state index contributed by atoms with van der Waals surface area (Å²) in [7, 11) is 0. The van der Waals surface area contributed by atoms with Gasteiger partial charge in [-0.1, -0.05) is 28.9 Å². The summed E-state index contributed by atoms with van der Waals surface area (Å²) in [4.78, 5) is 19.4. The third-order valence-corrected chi connectivity index (χ3v) is 5.89. The lowest BCUT2D eigenvalue weighted by molar-refractivity contribution is 0.0672. The van der Waals surface area contributed by atoms with Gasteiger partial charge in [0.2, 0.25) is 11.7 Å². The molecular weight excluding hydrogens is 430 g/mol. The van der Waals surface area contributed by atoms with E-state index in [-0.39, 0.29) is 17.7 Å². The van der Waals surface area contributed by atoms with Gasteiger partial charge in [-0.25, -0.2) is 4.98 Å². The van der Waals surface area contributed by atoms with Gasteiger partial charge in [-0.05, 0) is 37.5 Å². The van der Waals surface area contributed by atoms with E-state index in [0.717, 1.165) is 36.3 Å². The molecule has 0 bridgehead atoms. The van der Waals surface area contributed by atoms with Gasteiger partial charge in [-0.15, -0.1) is 0 Å². The molecule has 4 aromatic rings. The van der Waals surface area contributed by atoms with Gasteiger partial charge in [0.1, 0.15) is 17.5 Å². The fourth-order valence-corrected chi connectivity index (χ4v) is 4.08. The molecule has 3 aromatic heterocycles. The van der Waals surface area contributed by atoms with Gasteiger partial charge in [0, 0.05) is 42.4 Å². The topological polar surface area (TPSA) is 90.2 Å². The first-order valence-corrected chi connectivity index (χ1v) is 11.0. The lowest BCUT2D eigenvalue weighted by Crippen LogP contribution is -2.30. The van der Waals surface area contributed by atoms with Gasteiger partial charge < -0.3 is 13.8 Å². The molecule has 5 rings (SSSR count). The lowest BCUT2D eigenvalue weighted by Gasteiger charge is -2.20. The van der Waals surface area contributed by atoms with E-state index in [2.05, 4.69) is 15.2 Å². The van der Waals surface area contributed by atoms with Crippen LogP contribution in [0.15, 0.2) is 57.9 Å². The second-order valence-corrected chi connectivity index (χ2v) is 8.22. The Morgan fingerprint density at radius 1 is 1.25 bits per heavy atom. The van der Waals surface area contributed by atoms with Gasteiger partial charge in [0.15, 0.2) is 0 Å². The van der Waals surface area contributed by atoms with E-state index >= 15 is 0 Å². The smallest absolute Gasteiger partial charge is 0.293 e. The van der Waals surface area contributed by atoms with E-state index in [0.29, 0.717) is 29.6 Å². The van der Waals surface area contributed by atoms with Crippen molar-refractivity contribution in [3.63, 3.8) is 0 Å². The quantitative estimate of drug-likeness (QED) is 0.419. The molecular formula is C23H22ClN5O3. The van der Waals surface area contributed by atoms with E-state index in [1.54, 1.807) is 28.0 Å². The fraction of sp³-hybridized carbons (Fsp3) is 0.304. The van der Waals surface area contributed by atoms with Crippen LogP contribution in [0, 0.1) is 0 Å². The highest BCUT2D eigenvalue weighted by Crippen LogP contribution is 2.33. The summed E-state index contributed by atoms with van der Waals surface area (Å²) in [6, 6.07) is 9.06. The number of nitrogens with zero attached hydrogens (tertiary/aromatic N) is 5. The molecule has 0 N–H and O–H groups in total. The number of likely N-dealkylation sites (tertiary alicyclic amines) is 1. The van der Waals surface area contributed by atoms with E-state index < -0.39 is 0 Å². The summed E-state index contributed by atoms with van der Waals surface area (Å²) >= 11 is 5.96. The molecule has 0 saturated carbocycles. The van der Waals surface area contributed by atoms with E-state index in [4.69, 9.17) is 20.5 Å². The van der Waals surface area contributed by atoms with Crippen LogP contribution >= 0.6 is 11.6 Å². The van der Waals surface area contributed by atoms with Crippen LogP contribution in [0.2, 0.25) is 5.02 Å². The Morgan fingerprint density at radius 2 is 2.09 bits per heavy atom. The van der Waals surface area contributed by atoms with Gasteiger partial charge in [0.05, 0.1) is 12.4 Å². The third kappa shape index (κ3) is 4.05. The van der Waals surface area contributed by atoms with E-state index in [9.17, 15) is 4.79 Å². The van der Waals surface area contributed by atoms with Gasteiger partial charge in [0.25, 0.3) is 5.91 Å². The van der Waals surface area contributed by atoms with Gasteiger partial charge >= 0.3 is 0 Å². The minimum atomic E-state index is -0.224. The van der Waals surface area contributed by atoms with Crippen molar-refractivity contribution in [2.45, 2.75) is 38.8 Å². The number of aryl methyl sites for hydroxylation is 1. The fourth-order valence-electron chi connectivity index (χ4n) is 3.95. The van der Waals surface area contributed by atoms with Gasteiger partial charge in [-0.3, -0.25) is 9.48 Å². The van der Waals surface area contributed by atoms with Crippen LogP contribution in [0.3, 0.4) is 0 Å². The van der Waals surface area contributed by atoms with Crippen LogP contribution in [0.25, 0.3) is 11.3 Å². The molecule has 4 heterocycles. The minimum Gasteiger partial charge on any atom is -0.443 e. The monoisotopic (exact) mass is 451 g/mol. The summed E-state index contributed by atoms with van der Waals surface area (Å²) < 4.78 is 13.2. The summed E-state index contributed by atoms with van der Waals surface area (Å²) in [6.07, 6.45) is 7.58. The average Bonchev–Trinajstić information content (AvgIpc) is 3.60. The molecule has 0 spiro atoms. The number of hydrogen-bond donors (Lipinski definition) is 0. The summed E-state index contributed by atoms with van der Waals surface area (Å²) in [5.41, 5.74) is 2.48. The molecule has 1 amide bonds. The molecule has 0 unspecified atom stereocenters. The largest absolute Gasteiger partial charge is 0.443 e. The zero-order valence-electron chi connectivity index (χ0n) is 17.6. The molecule has 1 saturated heterocycles. The number of carbonyl (C=O) groups excluding carboxylic acids is 1. The molecule has 1 aliphatic heterocycles. The Bertz CT molecular complexity index is 1230. The molecule has 164 valence electrons. The molecule has 8 nitrogen and oxygen atoms in total. The number of hydrogen-bond acceptors (Lipinski definition) is 6. The van der Waals surface area contributed by atoms with Gasteiger partial charge in [-0.2, -0.15) is 5.10 Å². The SMILES string of the molecule is CCn1cc(-c2cc(C(=O)N3CCC[C@@H]3c3ncc(Cc4ccc(Cl)cc4)o3)on2)cn1. The second kappa shape index (κ2) is 8.63. The van der Waals surface area contributed by atoms with Crippen LogP contribution in [-0.2, 0) is 13.0 Å².